The normalized spacial score (nSPS) is 12.5. The molecule has 6 nitrogen and oxygen atoms in total. The molecule has 0 spiro atoms. The molecule has 0 aromatic carbocycles. The van der Waals surface area contributed by atoms with E-state index in [0.717, 1.165) is 7.11 Å². The first-order valence-electron chi connectivity index (χ1n) is 4.55. The predicted molar refractivity (Wildman–Crippen MR) is 56.9 cm³/mol. The van der Waals surface area contributed by atoms with Crippen LogP contribution in [0.25, 0.3) is 0 Å². The minimum absolute atomic E-state index is 0.352. The lowest BCUT2D eigenvalue weighted by molar-refractivity contribution is -0.174. The van der Waals surface area contributed by atoms with Crippen LogP contribution in [0.3, 0.4) is 0 Å². The fourth-order valence-corrected chi connectivity index (χ4v) is 1.05. The molecule has 0 unspecified atom stereocenters. The molecule has 0 aliphatic rings. The molecule has 104 valence electrons. The van der Waals surface area contributed by atoms with Crippen LogP contribution >= 0.6 is 12.6 Å². The van der Waals surface area contributed by atoms with E-state index in [-0.39, 0.29) is 5.75 Å². The number of methoxy groups -OCH3 is 1. The number of carbonyl (C=O) groups is 3. The summed E-state index contributed by atoms with van der Waals surface area (Å²) < 4.78 is 40.0. The van der Waals surface area contributed by atoms with Crippen LogP contribution in [0.2, 0.25) is 0 Å². The van der Waals surface area contributed by atoms with Gasteiger partial charge in [-0.3, -0.25) is 14.4 Å². The number of hydrogen-bond acceptors (Lipinski definition) is 5. The van der Waals surface area contributed by atoms with Gasteiger partial charge in [0.2, 0.25) is 5.91 Å². The molecule has 0 aliphatic heterocycles. The van der Waals surface area contributed by atoms with E-state index in [1.807, 2.05) is 5.32 Å². The lowest BCUT2D eigenvalue weighted by atomic mass is 10.3. The van der Waals surface area contributed by atoms with Gasteiger partial charge in [-0.05, 0) is 0 Å². The van der Waals surface area contributed by atoms with Crippen molar-refractivity contribution in [3.05, 3.63) is 0 Å². The largest absolute Gasteiger partial charge is 0.471 e. The third-order valence-corrected chi connectivity index (χ3v) is 2.06. The smallest absolute Gasteiger partial charge is 0.468 e. The van der Waals surface area contributed by atoms with Gasteiger partial charge in [-0.2, -0.15) is 25.8 Å². The van der Waals surface area contributed by atoms with E-state index in [9.17, 15) is 27.6 Å². The van der Waals surface area contributed by atoms with E-state index in [1.165, 1.54) is 5.32 Å². The number of amides is 2. The highest BCUT2D eigenvalue weighted by Crippen LogP contribution is 2.14. The Kier molecular flexibility index (Phi) is 6.52. The maximum atomic E-state index is 11.9. The van der Waals surface area contributed by atoms with Crippen molar-refractivity contribution in [2.75, 3.05) is 19.4 Å². The molecule has 0 aromatic heterocycles. The Morgan fingerprint density at radius 3 is 2.28 bits per heavy atom. The number of thiol groups is 1. The summed E-state index contributed by atoms with van der Waals surface area (Å²) in [7, 11) is 1.08. The number of carbonyl (C=O) groups excluding carboxylic acids is 3. The second-order valence-electron chi connectivity index (χ2n) is 3.00. The number of alkyl halides is 3. The van der Waals surface area contributed by atoms with Gasteiger partial charge in [0, 0.05) is 5.75 Å². The molecule has 10 heteroatoms. The van der Waals surface area contributed by atoms with Gasteiger partial charge in [0.15, 0.2) is 0 Å². The summed E-state index contributed by atoms with van der Waals surface area (Å²) in [6.45, 7) is -0.512. The Morgan fingerprint density at radius 2 is 1.89 bits per heavy atom. The summed E-state index contributed by atoms with van der Waals surface area (Å²) in [5.74, 6) is -4.35. The van der Waals surface area contributed by atoms with Gasteiger partial charge in [-0.25, -0.2) is 0 Å². The quantitative estimate of drug-likeness (QED) is 0.459. The maximum absolute atomic E-state index is 11.9. The van der Waals surface area contributed by atoms with Crippen molar-refractivity contribution in [2.45, 2.75) is 12.2 Å². The number of rotatable bonds is 5. The van der Waals surface area contributed by atoms with E-state index in [0.29, 0.717) is 0 Å². The molecule has 2 N–H and O–H groups in total. The highest BCUT2D eigenvalue weighted by atomic mass is 32.1. The first-order valence-corrected chi connectivity index (χ1v) is 5.18. The average molecular weight is 288 g/mol. The molecule has 0 saturated carbocycles. The monoisotopic (exact) mass is 288 g/mol. The molecule has 1 atom stereocenters. The summed E-state index contributed by atoms with van der Waals surface area (Å²) in [5.41, 5.74) is 0. The van der Waals surface area contributed by atoms with E-state index in [2.05, 4.69) is 17.4 Å². The van der Waals surface area contributed by atoms with Crippen LogP contribution in [0.5, 0.6) is 0 Å². The van der Waals surface area contributed by atoms with Crippen LogP contribution in [0, 0.1) is 0 Å². The Balaban J connectivity index is 4.37. The molecule has 0 aromatic rings. The number of halogens is 3. The van der Waals surface area contributed by atoms with Crippen molar-refractivity contribution in [1.29, 1.82) is 0 Å². The lowest BCUT2D eigenvalue weighted by Crippen LogP contribution is -2.52. The highest BCUT2D eigenvalue weighted by molar-refractivity contribution is 7.80. The molecule has 0 bridgehead atoms. The topological polar surface area (TPSA) is 84.5 Å². The van der Waals surface area contributed by atoms with Crippen LogP contribution in [0.1, 0.15) is 0 Å². The molecular weight excluding hydrogens is 277 g/mol. The molecule has 0 rings (SSSR count). The summed E-state index contributed by atoms with van der Waals surface area (Å²) in [4.78, 5) is 32.6. The van der Waals surface area contributed by atoms with Gasteiger partial charge in [0.05, 0.1) is 7.11 Å². The second kappa shape index (κ2) is 7.09. The van der Waals surface area contributed by atoms with Crippen LogP contribution in [-0.2, 0) is 19.1 Å². The van der Waals surface area contributed by atoms with Crippen molar-refractivity contribution in [3.8, 4) is 0 Å². The predicted octanol–water partition coefficient (Wildman–Crippen LogP) is -0.748. The molecule has 18 heavy (non-hydrogen) atoms. The van der Waals surface area contributed by atoms with Crippen molar-refractivity contribution >= 4 is 30.4 Å². The molecule has 0 heterocycles. The van der Waals surface area contributed by atoms with E-state index in [1.54, 1.807) is 0 Å². The standard InChI is InChI=1S/C8H11F3N2O4S/c1-17-5(14)2-12-6(15)4(3-18)13-7(16)8(9,10)11/h4,18H,2-3H2,1H3,(H,12,15)(H,13,16)/t4-/m1/s1. The van der Waals surface area contributed by atoms with E-state index >= 15 is 0 Å². The number of hydrogen-bond donors (Lipinski definition) is 3. The Hall–Kier alpha value is -1.45. The van der Waals surface area contributed by atoms with Gasteiger partial charge >= 0.3 is 18.1 Å². The van der Waals surface area contributed by atoms with Gasteiger partial charge < -0.3 is 15.4 Å². The summed E-state index contributed by atoms with van der Waals surface area (Å²) in [6.07, 6.45) is -5.09. The third-order valence-electron chi connectivity index (χ3n) is 1.70. The third kappa shape index (κ3) is 5.75. The minimum Gasteiger partial charge on any atom is -0.468 e. The zero-order chi connectivity index (χ0) is 14.3. The van der Waals surface area contributed by atoms with Gasteiger partial charge in [-0.1, -0.05) is 0 Å². The van der Waals surface area contributed by atoms with Crippen molar-refractivity contribution in [2.24, 2.45) is 0 Å². The fourth-order valence-electron chi connectivity index (χ4n) is 0.789. The van der Waals surface area contributed by atoms with Gasteiger partial charge in [0.1, 0.15) is 12.6 Å². The zero-order valence-corrected chi connectivity index (χ0v) is 10.1. The molecular formula is C8H11F3N2O4S. The molecule has 0 saturated heterocycles. The molecule has 0 aliphatic carbocycles. The summed E-state index contributed by atoms with van der Waals surface area (Å²) in [6, 6.07) is -1.49. The SMILES string of the molecule is COC(=O)CNC(=O)[C@@H](CS)NC(=O)C(F)(F)F. The van der Waals surface area contributed by atoms with Crippen LogP contribution < -0.4 is 10.6 Å². The molecule has 0 radical (unpaired) electrons. The number of esters is 1. The van der Waals surface area contributed by atoms with E-state index in [4.69, 9.17) is 0 Å². The fraction of sp³-hybridized carbons (Fsp3) is 0.625. The summed E-state index contributed by atoms with van der Waals surface area (Å²) in [5, 5.41) is 3.44. The first-order chi connectivity index (χ1) is 8.22. The summed E-state index contributed by atoms with van der Waals surface area (Å²) >= 11 is 3.63. The second-order valence-corrected chi connectivity index (χ2v) is 3.37. The zero-order valence-electron chi connectivity index (χ0n) is 9.21. The Morgan fingerprint density at radius 1 is 1.33 bits per heavy atom. The van der Waals surface area contributed by atoms with Crippen LogP contribution in [-0.4, -0.2) is 49.4 Å². The van der Waals surface area contributed by atoms with Crippen LogP contribution in [0.15, 0.2) is 0 Å². The molecule has 2 amide bonds. The number of nitrogens with one attached hydrogen (secondary N) is 2. The number of ether oxygens (including phenoxy) is 1. The first kappa shape index (κ1) is 16.6. The average Bonchev–Trinajstić information content (AvgIpc) is 2.30. The van der Waals surface area contributed by atoms with E-state index < -0.39 is 36.5 Å². The Bertz CT molecular complexity index is 335. The van der Waals surface area contributed by atoms with Crippen molar-refractivity contribution < 1.29 is 32.3 Å². The minimum atomic E-state index is -5.09. The lowest BCUT2D eigenvalue weighted by Gasteiger charge is -2.16. The van der Waals surface area contributed by atoms with Gasteiger partial charge in [-0.15, -0.1) is 0 Å². The Labute approximate surface area is 106 Å². The highest BCUT2D eigenvalue weighted by Gasteiger charge is 2.40. The van der Waals surface area contributed by atoms with Gasteiger partial charge in [0.25, 0.3) is 0 Å². The molecule has 0 fully saturated rings. The maximum Gasteiger partial charge on any atom is 0.471 e. The van der Waals surface area contributed by atoms with Crippen molar-refractivity contribution in [1.82, 2.24) is 10.6 Å². The van der Waals surface area contributed by atoms with Crippen molar-refractivity contribution in [3.63, 3.8) is 0 Å². The van der Waals surface area contributed by atoms with Crippen LogP contribution in [0.4, 0.5) is 13.2 Å².